The van der Waals surface area contributed by atoms with Gasteiger partial charge >= 0.3 is 0 Å². The summed E-state index contributed by atoms with van der Waals surface area (Å²) in [4.78, 5) is 10.8. The quantitative estimate of drug-likeness (QED) is 0.919. The van der Waals surface area contributed by atoms with Crippen LogP contribution in [0.4, 0.5) is 5.95 Å². The Morgan fingerprint density at radius 3 is 3.10 bits per heavy atom. The summed E-state index contributed by atoms with van der Waals surface area (Å²) >= 11 is 6.02. The average Bonchev–Trinajstić information content (AvgIpc) is 2.72. The van der Waals surface area contributed by atoms with E-state index in [2.05, 4.69) is 9.97 Å². The molecule has 1 aliphatic rings. The molecule has 1 fully saturated rings. The van der Waals surface area contributed by atoms with Crippen LogP contribution in [0.2, 0.25) is 5.02 Å². The lowest BCUT2D eigenvalue weighted by atomic mass is 10.1. The maximum Gasteiger partial charge on any atom is 0.226 e. The molecule has 110 valence electrons. The molecule has 3 rings (SSSR count). The van der Waals surface area contributed by atoms with Crippen LogP contribution in [0.25, 0.3) is 11.3 Å². The van der Waals surface area contributed by atoms with E-state index in [0.717, 1.165) is 11.3 Å². The van der Waals surface area contributed by atoms with Crippen LogP contribution < -0.4 is 4.90 Å². The first-order valence-electron chi connectivity index (χ1n) is 6.82. The monoisotopic (exact) mass is 305 g/mol. The van der Waals surface area contributed by atoms with Crippen molar-refractivity contribution in [1.82, 2.24) is 9.97 Å². The van der Waals surface area contributed by atoms with Crippen molar-refractivity contribution in [2.75, 3.05) is 31.2 Å². The van der Waals surface area contributed by atoms with Gasteiger partial charge in [-0.25, -0.2) is 9.97 Å². The summed E-state index contributed by atoms with van der Waals surface area (Å²) < 4.78 is 5.32. The molecule has 5 nitrogen and oxygen atoms in total. The molecular weight excluding hydrogens is 290 g/mol. The molecule has 1 aromatic heterocycles. The fourth-order valence-electron chi connectivity index (χ4n) is 2.28. The van der Waals surface area contributed by atoms with E-state index in [1.54, 1.807) is 6.20 Å². The summed E-state index contributed by atoms with van der Waals surface area (Å²) in [6.07, 6.45) is 1.20. The Hall–Kier alpha value is -1.69. The molecule has 0 radical (unpaired) electrons. The van der Waals surface area contributed by atoms with E-state index in [1.165, 1.54) is 0 Å². The lowest BCUT2D eigenvalue weighted by Gasteiger charge is -2.21. The molecule has 1 aromatic carbocycles. The first kappa shape index (κ1) is 14.3. The molecule has 21 heavy (non-hydrogen) atoms. The van der Waals surface area contributed by atoms with Crippen LogP contribution in [-0.4, -0.2) is 47.5 Å². The third-order valence-corrected chi connectivity index (χ3v) is 3.53. The van der Waals surface area contributed by atoms with E-state index >= 15 is 0 Å². The van der Waals surface area contributed by atoms with Crippen molar-refractivity contribution in [1.29, 1.82) is 0 Å². The van der Waals surface area contributed by atoms with Crippen molar-refractivity contribution >= 4 is 17.5 Å². The van der Waals surface area contributed by atoms with Crippen molar-refractivity contribution < 1.29 is 9.84 Å². The molecule has 1 aliphatic heterocycles. The number of rotatable bonds is 2. The fraction of sp³-hybridized carbons (Fsp3) is 0.333. The number of hydrogen-bond donors (Lipinski definition) is 1. The maximum absolute atomic E-state index is 9.80. The van der Waals surface area contributed by atoms with Crippen molar-refractivity contribution in [2.45, 2.75) is 6.10 Å². The standard InChI is InChI=1S/C15H16ClN3O2/c16-12-3-1-2-11(8-12)14-4-5-17-15(18-14)19-6-7-21-10-13(20)9-19/h1-5,8,13,20H,6-7,9-10H2. The third kappa shape index (κ3) is 3.50. The molecule has 6 heteroatoms. The third-order valence-electron chi connectivity index (χ3n) is 3.29. The summed E-state index contributed by atoms with van der Waals surface area (Å²) in [6, 6.07) is 9.39. The molecule has 0 spiro atoms. The number of ether oxygens (including phenoxy) is 1. The first-order chi connectivity index (χ1) is 10.2. The van der Waals surface area contributed by atoms with Crippen molar-refractivity contribution in [3.63, 3.8) is 0 Å². The molecule has 1 saturated heterocycles. The van der Waals surface area contributed by atoms with E-state index in [0.29, 0.717) is 37.3 Å². The second kappa shape index (κ2) is 6.39. The zero-order valence-corrected chi connectivity index (χ0v) is 12.2. The fourth-order valence-corrected chi connectivity index (χ4v) is 2.47. The van der Waals surface area contributed by atoms with Gasteiger partial charge in [0.1, 0.15) is 0 Å². The van der Waals surface area contributed by atoms with Gasteiger partial charge in [0.15, 0.2) is 0 Å². The van der Waals surface area contributed by atoms with E-state index in [4.69, 9.17) is 16.3 Å². The van der Waals surface area contributed by atoms with Crippen molar-refractivity contribution in [3.05, 3.63) is 41.6 Å². The number of anilines is 1. The predicted octanol–water partition coefficient (Wildman–Crippen LogP) is 1.99. The Labute approximate surface area is 128 Å². The Balaban J connectivity index is 1.89. The van der Waals surface area contributed by atoms with Crippen molar-refractivity contribution in [2.24, 2.45) is 0 Å². The van der Waals surface area contributed by atoms with Gasteiger partial charge in [0.25, 0.3) is 0 Å². The number of nitrogens with zero attached hydrogens (tertiary/aromatic N) is 3. The Morgan fingerprint density at radius 2 is 2.24 bits per heavy atom. The topological polar surface area (TPSA) is 58.5 Å². The lowest BCUT2D eigenvalue weighted by Crippen LogP contribution is -2.33. The zero-order chi connectivity index (χ0) is 14.7. The van der Waals surface area contributed by atoms with Crippen LogP contribution in [0.1, 0.15) is 0 Å². The molecule has 0 saturated carbocycles. The number of aliphatic hydroxyl groups is 1. The van der Waals surface area contributed by atoms with E-state index < -0.39 is 6.10 Å². The SMILES string of the molecule is OC1COCCN(c2nccc(-c3cccc(Cl)c3)n2)C1. The van der Waals surface area contributed by atoms with Gasteiger partial charge in [0, 0.05) is 29.9 Å². The highest BCUT2D eigenvalue weighted by Crippen LogP contribution is 2.22. The highest BCUT2D eigenvalue weighted by molar-refractivity contribution is 6.30. The van der Waals surface area contributed by atoms with Gasteiger partial charge in [-0.05, 0) is 18.2 Å². The molecular formula is C15H16ClN3O2. The van der Waals surface area contributed by atoms with E-state index in [9.17, 15) is 5.11 Å². The maximum atomic E-state index is 9.80. The highest BCUT2D eigenvalue weighted by Gasteiger charge is 2.19. The predicted molar refractivity (Wildman–Crippen MR) is 81.5 cm³/mol. The van der Waals surface area contributed by atoms with Gasteiger partial charge in [-0.15, -0.1) is 0 Å². The lowest BCUT2D eigenvalue weighted by molar-refractivity contribution is 0.0597. The zero-order valence-electron chi connectivity index (χ0n) is 11.4. The van der Waals surface area contributed by atoms with Crippen LogP contribution in [0.3, 0.4) is 0 Å². The van der Waals surface area contributed by atoms with Crippen molar-refractivity contribution in [3.8, 4) is 11.3 Å². The molecule has 2 aromatic rings. The summed E-state index contributed by atoms with van der Waals surface area (Å²) in [6.45, 7) is 2.04. The van der Waals surface area contributed by atoms with Gasteiger partial charge in [0.05, 0.1) is 25.0 Å². The smallest absolute Gasteiger partial charge is 0.226 e. The second-order valence-electron chi connectivity index (χ2n) is 4.93. The molecule has 1 unspecified atom stereocenters. The van der Waals surface area contributed by atoms with Gasteiger partial charge in [-0.2, -0.15) is 0 Å². The van der Waals surface area contributed by atoms with Gasteiger partial charge < -0.3 is 14.7 Å². The molecule has 0 bridgehead atoms. The van der Waals surface area contributed by atoms with Crippen LogP contribution >= 0.6 is 11.6 Å². The molecule has 1 N–H and O–H groups in total. The van der Waals surface area contributed by atoms with Crippen LogP contribution in [-0.2, 0) is 4.74 Å². The van der Waals surface area contributed by atoms with Crippen LogP contribution in [0, 0.1) is 0 Å². The average molecular weight is 306 g/mol. The summed E-state index contributed by atoms with van der Waals surface area (Å²) in [5, 5.41) is 10.5. The van der Waals surface area contributed by atoms with Gasteiger partial charge in [-0.3, -0.25) is 0 Å². The minimum atomic E-state index is -0.522. The Bertz CT molecular complexity index is 623. The van der Waals surface area contributed by atoms with Crippen LogP contribution in [0.5, 0.6) is 0 Å². The Kier molecular flexibility index (Phi) is 4.34. The summed E-state index contributed by atoms with van der Waals surface area (Å²) in [5.41, 5.74) is 1.75. The molecule has 0 aliphatic carbocycles. The summed E-state index contributed by atoms with van der Waals surface area (Å²) in [7, 11) is 0. The number of aromatic nitrogens is 2. The second-order valence-corrected chi connectivity index (χ2v) is 5.36. The van der Waals surface area contributed by atoms with E-state index in [1.807, 2.05) is 35.2 Å². The number of halogens is 1. The van der Waals surface area contributed by atoms with Crippen LogP contribution in [0.15, 0.2) is 36.5 Å². The summed E-state index contributed by atoms with van der Waals surface area (Å²) in [5.74, 6) is 0.594. The minimum absolute atomic E-state index is 0.352. The first-order valence-corrected chi connectivity index (χ1v) is 7.20. The molecule has 2 heterocycles. The molecule has 0 amide bonds. The normalized spacial score (nSPS) is 19.3. The largest absolute Gasteiger partial charge is 0.389 e. The highest BCUT2D eigenvalue weighted by atomic mass is 35.5. The Morgan fingerprint density at radius 1 is 1.33 bits per heavy atom. The number of aliphatic hydroxyl groups excluding tert-OH is 1. The van der Waals surface area contributed by atoms with E-state index in [-0.39, 0.29) is 0 Å². The number of β-amino-alcohol motifs (C(OH)–C–C–N with tert-alkyl or cyclic N) is 1. The minimum Gasteiger partial charge on any atom is -0.389 e. The van der Waals surface area contributed by atoms with Gasteiger partial charge in [0.2, 0.25) is 5.95 Å². The number of hydrogen-bond acceptors (Lipinski definition) is 5. The molecule has 1 atom stereocenters. The van der Waals surface area contributed by atoms with Gasteiger partial charge in [-0.1, -0.05) is 23.7 Å². The number of benzene rings is 1.